The molecule has 2 aromatic carbocycles. The molecule has 0 spiro atoms. The van der Waals surface area contributed by atoms with Crippen molar-refractivity contribution >= 4 is 39.7 Å². The molecule has 1 aliphatic heterocycles. The zero-order valence-electron chi connectivity index (χ0n) is 13.9. The lowest BCUT2D eigenvalue weighted by Crippen LogP contribution is -2.22. The van der Waals surface area contributed by atoms with Crippen molar-refractivity contribution in [2.24, 2.45) is 0 Å². The van der Waals surface area contributed by atoms with E-state index in [1.165, 1.54) is 0 Å². The Labute approximate surface area is 154 Å². The van der Waals surface area contributed by atoms with E-state index in [0.29, 0.717) is 40.7 Å². The topological polar surface area (TPSA) is 72.8 Å². The number of anilines is 2. The summed E-state index contributed by atoms with van der Waals surface area (Å²) >= 11 is 6.20. The van der Waals surface area contributed by atoms with Gasteiger partial charge in [-0.05, 0) is 48.7 Å². The smallest absolute Gasteiger partial charge is 0.257 e. The van der Waals surface area contributed by atoms with E-state index < -0.39 is 10.8 Å². The summed E-state index contributed by atoms with van der Waals surface area (Å²) in [6, 6.07) is 12.6. The molecule has 1 saturated heterocycles. The normalized spacial score (nSPS) is 17.4. The summed E-state index contributed by atoms with van der Waals surface area (Å²) in [6.07, 6.45) is 1.59. The summed E-state index contributed by atoms with van der Waals surface area (Å²) in [5, 5.41) is 3.17. The molecule has 0 aromatic heterocycles. The number of rotatable bonds is 4. The number of aryl methyl sites for hydroxylation is 1. The Morgan fingerprint density at radius 2 is 2.08 bits per heavy atom. The summed E-state index contributed by atoms with van der Waals surface area (Å²) in [4.78, 5) is 12.6. The molecule has 0 radical (unpaired) electrons. The number of benzene rings is 2. The van der Waals surface area contributed by atoms with Crippen molar-refractivity contribution in [3.63, 3.8) is 0 Å². The highest BCUT2D eigenvalue weighted by Crippen LogP contribution is 2.51. The number of amides is 1. The fourth-order valence-electron chi connectivity index (χ4n) is 2.87. The molecule has 1 aliphatic rings. The van der Waals surface area contributed by atoms with Gasteiger partial charge in [0, 0.05) is 12.2 Å². The van der Waals surface area contributed by atoms with Gasteiger partial charge in [-0.1, -0.05) is 30.7 Å². The van der Waals surface area contributed by atoms with Gasteiger partial charge in [0.05, 0.1) is 22.0 Å². The van der Waals surface area contributed by atoms with Crippen LogP contribution in [-0.4, -0.2) is 27.3 Å². The maximum Gasteiger partial charge on any atom is 0.257 e. The molecule has 0 saturated carbocycles. The van der Waals surface area contributed by atoms with Crippen molar-refractivity contribution in [3.05, 3.63) is 58.6 Å². The molecule has 0 unspecified atom stereocenters. The molecule has 2 aromatic rings. The van der Waals surface area contributed by atoms with Crippen LogP contribution < -0.4 is 9.62 Å². The Kier molecular flexibility index (Phi) is 5.24. The predicted molar refractivity (Wildman–Crippen MR) is 105 cm³/mol. The summed E-state index contributed by atoms with van der Waals surface area (Å²) in [7, 11) is -2.80. The van der Waals surface area contributed by atoms with Crippen molar-refractivity contribution in [2.45, 2.75) is 19.8 Å². The van der Waals surface area contributed by atoms with Gasteiger partial charge in [0.1, 0.15) is 0 Å². The molecule has 0 bridgehead atoms. The minimum absolute atomic E-state index is 0.308. The van der Waals surface area contributed by atoms with Crippen LogP contribution in [0.5, 0.6) is 0 Å². The summed E-state index contributed by atoms with van der Waals surface area (Å²) in [5.74, 6) is 0.0248. The zero-order chi connectivity index (χ0) is 18.0. The van der Waals surface area contributed by atoms with Crippen LogP contribution in [0.3, 0.4) is 0 Å². The number of carbonyl (C=O) groups is 1. The highest BCUT2D eigenvalue weighted by atomic mass is 35.5. The third-order valence-corrected chi connectivity index (χ3v) is 6.47. The second kappa shape index (κ2) is 7.25. The van der Waals surface area contributed by atoms with Crippen molar-refractivity contribution in [1.29, 1.82) is 0 Å². The van der Waals surface area contributed by atoms with Gasteiger partial charge in [-0.15, -0.1) is 10.8 Å². The van der Waals surface area contributed by atoms with E-state index in [0.717, 1.165) is 12.0 Å². The van der Waals surface area contributed by atoms with E-state index in [-0.39, 0.29) is 5.91 Å². The third kappa shape index (κ3) is 3.93. The van der Waals surface area contributed by atoms with Crippen LogP contribution in [0.2, 0.25) is 5.02 Å². The summed E-state index contributed by atoms with van der Waals surface area (Å²) in [6.45, 7) is 2.60. The van der Waals surface area contributed by atoms with Crippen LogP contribution in [0, 0.1) is 0 Å². The Balaban J connectivity index is 1.86. The first kappa shape index (κ1) is 18.1. The van der Waals surface area contributed by atoms with Crippen LogP contribution in [0.4, 0.5) is 11.4 Å². The van der Waals surface area contributed by atoms with E-state index in [1.54, 1.807) is 22.5 Å². The van der Waals surface area contributed by atoms with Gasteiger partial charge in [-0.25, -0.2) is 0 Å². The van der Waals surface area contributed by atoms with E-state index in [4.69, 9.17) is 11.6 Å². The average Bonchev–Trinajstić information content (AvgIpc) is 2.94. The highest BCUT2D eigenvalue weighted by molar-refractivity contribution is 8.25. The third-order valence-electron chi connectivity index (χ3n) is 4.21. The molecule has 5 nitrogen and oxygen atoms in total. The number of nitrogens with one attached hydrogen (secondary N) is 1. The van der Waals surface area contributed by atoms with Gasteiger partial charge in [0.2, 0.25) is 0 Å². The second-order valence-corrected chi connectivity index (χ2v) is 8.48. The maximum absolute atomic E-state index is 12.6. The zero-order valence-corrected chi connectivity index (χ0v) is 15.5. The standard InChI is InChI=1S/C18H21ClN2O3S/c1-2-13-5-3-6-14(11-13)20-18(22)16-12-15(7-8-17(16)19)21-9-4-10-25(21,23)24/h3,5-8,11-12,23-24H,2,4,9-10H2,1H3,(H,20,22). The van der Waals surface area contributed by atoms with E-state index >= 15 is 0 Å². The first-order valence-electron chi connectivity index (χ1n) is 8.14. The maximum atomic E-state index is 12.6. The van der Waals surface area contributed by atoms with Crippen molar-refractivity contribution < 1.29 is 13.9 Å². The van der Waals surface area contributed by atoms with Gasteiger partial charge in [-0.3, -0.25) is 18.2 Å². The Hall–Kier alpha value is -1.73. The lowest BCUT2D eigenvalue weighted by Gasteiger charge is -2.38. The predicted octanol–water partition coefficient (Wildman–Crippen LogP) is 5.03. The second-order valence-electron chi connectivity index (χ2n) is 5.96. The van der Waals surface area contributed by atoms with Crippen LogP contribution in [0.25, 0.3) is 0 Å². The molecule has 3 N–H and O–H groups in total. The van der Waals surface area contributed by atoms with Gasteiger partial charge in [-0.2, -0.15) is 0 Å². The molecular weight excluding hydrogens is 360 g/mol. The number of hydrogen-bond acceptors (Lipinski definition) is 4. The fourth-order valence-corrected chi connectivity index (χ4v) is 4.68. The lowest BCUT2D eigenvalue weighted by atomic mass is 10.1. The monoisotopic (exact) mass is 380 g/mol. The first-order valence-corrected chi connectivity index (χ1v) is 10.2. The Morgan fingerprint density at radius 3 is 2.76 bits per heavy atom. The molecular formula is C18H21ClN2O3S. The summed E-state index contributed by atoms with van der Waals surface area (Å²) in [5.41, 5.74) is 2.73. The first-order chi connectivity index (χ1) is 11.9. The van der Waals surface area contributed by atoms with Crippen LogP contribution >= 0.6 is 22.4 Å². The average molecular weight is 381 g/mol. The number of nitrogens with zero attached hydrogens (tertiary/aromatic N) is 1. The van der Waals surface area contributed by atoms with Crippen molar-refractivity contribution in [1.82, 2.24) is 0 Å². The van der Waals surface area contributed by atoms with Gasteiger partial charge in [0.25, 0.3) is 5.91 Å². The van der Waals surface area contributed by atoms with E-state index in [2.05, 4.69) is 12.2 Å². The molecule has 0 aliphatic carbocycles. The summed E-state index contributed by atoms with van der Waals surface area (Å²) < 4.78 is 21.8. The van der Waals surface area contributed by atoms with E-state index in [9.17, 15) is 13.9 Å². The van der Waals surface area contributed by atoms with Gasteiger partial charge < -0.3 is 5.32 Å². The number of hydrogen-bond donors (Lipinski definition) is 3. The molecule has 134 valence electrons. The molecule has 0 atom stereocenters. The molecule has 3 rings (SSSR count). The minimum Gasteiger partial charge on any atom is -0.322 e. The quantitative estimate of drug-likeness (QED) is 0.695. The Morgan fingerprint density at radius 1 is 1.28 bits per heavy atom. The largest absolute Gasteiger partial charge is 0.322 e. The molecule has 1 heterocycles. The highest BCUT2D eigenvalue weighted by Gasteiger charge is 2.29. The van der Waals surface area contributed by atoms with Gasteiger partial charge >= 0.3 is 0 Å². The van der Waals surface area contributed by atoms with Crippen LogP contribution in [0.15, 0.2) is 42.5 Å². The fraction of sp³-hybridized carbons (Fsp3) is 0.278. The SMILES string of the molecule is CCc1cccc(NC(=O)c2cc(N3CCCS3(O)O)ccc2Cl)c1. The van der Waals surface area contributed by atoms with Crippen LogP contribution in [-0.2, 0) is 6.42 Å². The minimum atomic E-state index is -2.80. The molecule has 1 fully saturated rings. The van der Waals surface area contributed by atoms with E-state index in [1.807, 2.05) is 24.3 Å². The molecule has 1 amide bonds. The Bertz CT molecular complexity index is 798. The molecule has 7 heteroatoms. The van der Waals surface area contributed by atoms with Crippen molar-refractivity contribution in [2.75, 3.05) is 21.9 Å². The van der Waals surface area contributed by atoms with Crippen molar-refractivity contribution in [3.8, 4) is 0 Å². The van der Waals surface area contributed by atoms with Crippen LogP contribution in [0.1, 0.15) is 29.3 Å². The number of carbonyl (C=O) groups excluding carboxylic acids is 1. The molecule has 25 heavy (non-hydrogen) atoms. The number of halogens is 1. The van der Waals surface area contributed by atoms with Gasteiger partial charge in [0.15, 0.2) is 0 Å². The lowest BCUT2D eigenvalue weighted by molar-refractivity contribution is 0.102.